The van der Waals surface area contributed by atoms with Crippen LogP contribution in [-0.4, -0.2) is 40.7 Å². The molecule has 0 aliphatic carbocycles. The van der Waals surface area contributed by atoms with Crippen LogP contribution in [0.15, 0.2) is 48.5 Å². The fourth-order valence-corrected chi connectivity index (χ4v) is 3.95. The molecule has 0 spiro atoms. The summed E-state index contributed by atoms with van der Waals surface area (Å²) in [4.78, 5) is 41.1. The second kappa shape index (κ2) is 7.64. The van der Waals surface area contributed by atoms with Crippen molar-refractivity contribution in [2.45, 2.75) is 31.8 Å². The SMILES string of the molecule is CC1(c2ccc(C#N)cc2)NC(=O)N(Cc2ccc(C(=O)N3CCCC3)cc2)C1=O. The minimum atomic E-state index is -1.18. The zero-order valence-electron chi connectivity index (χ0n) is 16.7. The molecule has 2 aliphatic heterocycles. The Kier molecular flexibility index (Phi) is 5.00. The molecular formula is C23H22N4O3. The highest BCUT2D eigenvalue weighted by Gasteiger charge is 2.48. The van der Waals surface area contributed by atoms with Crippen LogP contribution in [0.3, 0.4) is 0 Å². The number of amides is 4. The predicted octanol–water partition coefficient (Wildman–Crippen LogP) is 2.76. The van der Waals surface area contributed by atoms with E-state index in [0.717, 1.165) is 31.5 Å². The second-order valence-electron chi connectivity index (χ2n) is 7.83. The first-order valence-corrected chi connectivity index (χ1v) is 9.95. The van der Waals surface area contributed by atoms with Crippen molar-refractivity contribution in [3.8, 4) is 6.07 Å². The van der Waals surface area contributed by atoms with Crippen molar-refractivity contribution in [1.82, 2.24) is 15.1 Å². The van der Waals surface area contributed by atoms with Crippen molar-refractivity contribution in [2.75, 3.05) is 13.1 Å². The number of carbonyl (C=O) groups is 3. The minimum Gasteiger partial charge on any atom is -0.339 e. The Bertz CT molecular complexity index is 1030. The van der Waals surface area contributed by atoms with Gasteiger partial charge in [-0.25, -0.2) is 4.79 Å². The lowest BCUT2D eigenvalue weighted by molar-refractivity contribution is -0.131. The van der Waals surface area contributed by atoms with Crippen LogP contribution in [0.25, 0.3) is 0 Å². The largest absolute Gasteiger partial charge is 0.339 e. The molecule has 7 nitrogen and oxygen atoms in total. The number of hydrogen-bond acceptors (Lipinski definition) is 4. The fraction of sp³-hybridized carbons (Fsp3) is 0.304. The third-order valence-electron chi connectivity index (χ3n) is 5.80. The standard InChI is InChI=1S/C23H22N4O3/c1-23(19-10-6-16(14-24)7-11-19)21(29)27(22(30)25-23)15-17-4-8-18(9-5-17)20(28)26-12-2-3-13-26/h4-11H,2-3,12-13,15H2,1H3,(H,25,30). The van der Waals surface area contributed by atoms with Crippen molar-refractivity contribution in [2.24, 2.45) is 0 Å². The van der Waals surface area contributed by atoms with E-state index in [1.165, 1.54) is 4.90 Å². The lowest BCUT2D eigenvalue weighted by atomic mass is 9.91. The molecule has 0 radical (unpaired) electrons. The smallest absolute Gasteiger partial charge is 0.325 e. The molecule has 2 aromatic carbocycles. The van der Waals surface area contributed by atoms with E-state index >= 15 is 0 Å². The van der Waals surface area contributed by atoms with Crippen molar-refractivity contribution in [1.29, 1.82) is 5.26 Å². The summed E-state index contributed by atoms with van der Waals surface area (Å²) in [6.45, 7) is 3.36. The highest BCUT2D eigenvalue weighted by Crippen LogP contribution is 2.30. The van der Waals surface area contributed by atoms with Crippen LogP contribution < -0.4 is 5.32 Å². The maximum atomic E-state index is 13.1. The summed E-state index contributed by atoms with van der Waals surface area (Å²) < 4.78 is 0. The normalized spacial score (nSPS) is 20.9. The average Bonchev–Trinajstić information content (AvgIpc) is 3.38. The monoisotopic (exact) mass is 402 g/mol. The van der Waals surface area contributed by atoms with Gasteiger partial charge < -0.3 is 10.2 Å². The molecular weight excluding hydrogens is 380 g/mol. The molecule has 2 fully saturated rings. The molecule has 2 aliphatic rings. The summed E-state index contributed by atoms with van der Waals surface area (Å²) in [5.41, 5.74) is 1.30. The zero-order chi connectivity index (χ0) is 21.3. The topological polar surface area (TPSA) is 93.5 Å². The molecule has 0 aromatic heterocycles. The first-order chi connectivity index (χ1) is 14.4. The van der Waals surface area contributed by atoms with Gasteiger partial charge in [0.25, 0.3) is 11.8 Å². The number of carbonyl (C=O) groups excluding carboxylic acids is 3. The molecule has 4 rings (SSSR count). The van der Waals surface area contributed by atoms with Gasteiger partial charge in [-0.05, 0) is 55.2 Å². The molecule has 2 aromatic rings. The van der Waals surface area contributed by atoms with Gasteiger partial charge >= 0.3 is 6.03 Å². The molecule has 152 valence electrons. The summed E-state index contributed by atoms with van der Waals surface area (Å²) in [6.07, 6.45) is 2.07. The number of imide groups is 1. The number of nitrogens with one attached hydrogen (secondary N) is 1. The van der Waals surface area contributed by atoms with Gasteiger partial charge in [0.05, 0.1) is 18.2 Å². The van der Waals surface area contributed by atoms with E-state index in [2.05, 4.69) is 5.32 Å². The Morgan fingerprint density at radius 2 is 1.70 bits per heavy atom. The zero-order valence-corrected chi connectivity index (χ0v) is 16.7. The third kappa shape index (κ3) is 3.41. The summed E-state index contributed by atoms with van der Waals surface area (Å²) >= 11 is 0. The van der Waals surface area contributed by atoms with Gasteiger partial charge in [0.15, 0.2) is 0 Å². The number of rotatable bonds is 4. The highest BCUT2D eigenvalue weighted by atomic mass is 16.2. The summed E-state index contributed by atoms with van der Waals surface area (Å²) in [5, 5.41) is 11.7. The molecule has 0 bridgehead atoms. The Morgan fingerprint density at radius 3 is 2.30 bits per heavy atom. The second-order valence-corrected chi connectivity index (χ2v) is 7.83. The Labute approximate surface area is 174 Å². The summed E-state index contributed by atoms with van der Waals surface area (Å²) in [6, 6.07) is 15.2. The van der Waals surface area contributed by atoms with Crippen LogP contribution in [0.4, 0.5) is 4.79 Å². The van der Waals surface area contributed by atoms with Crippen LogP contribution >= 0.6 is 0 Å². The molecule has 2 saturated heterocycles. The lowest BCUT2D eigenvalue weighted by Gasteiger charge is -2.22. The predicted molar refractivity (Wildman–Crippen MR) is 109 cm³/mol. The van der Waals surface area contributed by atoms with Crippen molar-refractivity contribution in [3.63, 3.8) is 0 Å². The van der Waals surface area contributed by atoms with Gasteiger partial charge in [0, 0.05) is 18.7 Å². The van der Waals surface area contributed by atoms with Crippen LogP contribution in [0.2, 0.25) is 0 Å². The van der Waals surface area contributed by atoms with Crippen LogP contribution in [0, 0.1) is 11.3 Å². The van der Waals surface area contributed by atoms with E-state index in [1.54, 1.807) is 55.5 Å². The van der Waals surface area contributed by atoms with Crippen LogP contribution in [0.1, 0.15) is 46.8 Å². The molecule has 4 amide bonds. The highest BCUT2D eigenvalue weighted by molar-refractivity contribution is 6.07. The minimum absolute atomic E-state index is 0.0161. The maximum absolute atomic E-state index is 13.1. The first-order valence-electron chi connectivity index (χ1n) is 9.95. The third-order valence-corrected chi connectivity index (χ3v) is 5.80. The van der Waals surface area contributed by atoms with Gasteiger partial charge in [0.1, 0.15) is 5.54 Å². The number of hydrogen-bond donors (Lipinski definition) is 1. The Hall–Kier alpha value is -3.66. The number of nitrogens with zero attached hydrogens (tertiary/aromatic N) is 3. The molecule has 2 heterocycles. The number of nitriles is 1. The quantitative estimate of drug-likeness (QED) is 0.796. The van der Waals surface area contributed by atoms with Gasteiger partial charge in [-0.3, -0.25) is 14.5 Å². The van der Waals surface area contributed by atoms with Gasteiger partial charge in [-0.2, -0.15) is 5.26 Å². The maximum Gasteiger partial charge on any atom is 0.325 e. The number of urea groups is 1. The molecule has 0 saturated carbocycles. The molecule has 1 unspecified atom stereocenters. The van der Waals surface area contributed by atoms with Crippen molar-refractivity contribution >= 4 is 17.8 Å². The molecule has 1 N–H and O–H groups in total. The number of likely N-dealkylation sites (tertiary alicyclic amines) is 1. The van der Waals surface area contributed by atoms with Crippen molar-refractivity contribution in [3.05, 3.63) is 70.8 Å². The molecule has 1 atom stereocenters. The van der Waals surface area contributed by atoms with E-state index in [1.807, 2.05) is 11.0 Å². The fourth-order valence-electron chi connectivity index (χ4n) is 3.95. The molecule has 30 heavy (non-hydrogen) atoms. The van der Waals surface area contributed by atoms with E-state index in [-0.39, 0.29) is 18.4 Å². The van der Waals surface area contributed by atoms with Crippen LogP contribution in [-0.2, 0) is 16.9 Å². The van der Waals surface area contributed by atoms with Gasteiger partial charge in [0.2, 0.25) is 0 Å². The van der Waals surface area contributed by atoms with E-state index in [9.17, 15) is 14.4 Å². The van der Waals surface area contributed by atoms with E-state index < -0.39 is 11.6 Å². The Morgan fingerprint density at radius 1 is 1.07 bits per heavy atom. The summed E-state index contributed by atoms with van der Waals surface area (Å²) in [5.74, 6) is -0.336. The van der Waals surface area contributed by atoms with E-state index in [0.29, 0.717) is 16.7 Å². The Balaban J connectivity index is 1.49. The lowest BCUT2D eigenvalue weighted by Crippen LogP contribution is -2.40. The summed E-state index contributed by atoms with van der Waals surface area (Å²) in [7, 11) is 0. The van der Waals surface area contributed by atoms with Gasteiger partial charge in [-0.1, -0.05) is 24.3 Å². The number of benzene rings is 2. The van der Waals surface area contributed by atoms with E-state index in [4.69, 9.17) is 5.26 Å². The van der Waals surface area contributed by atoms with Crippen molar-refractivity contribution < 1.29 is 14.4 Å². The van der Waals surface area contributed by atoms with Gasteiger partial charge in [-0.15, -0.1) is 0 Å². The average molecular weight is 402 g/mol. The molecule has 7 heteroatoms. The first kappa shape index (κ1) is 19.6. The van der Waals surface area contributed by atoms with Crippen LogP contribution in [0.5, 0.6) is 0 Å².